The zero-order chi connectivity index (χ0) is 17.2. The number of aromatic nitrogens is 1. The van der Waals surface area contributed by atoms with Crippen LogP contribution in [0.1, 0.15) is 18.5 Å². The van der Waals surface area contributed by atoms with E-state index in [1.54, 1.807) is 23.6 Å². The SMILES string of the molecule is Cc1cccc(NC(=O)[C@H]2CCCN(S(=O)(=O)c3cccs3)C2)n1. The van der Waals surface area contributed by atoms with Crippen molar-refractivity contribution in [3.8, 4) is 0 Å². The van der Waals surface area contributed by atoms with Gasteiger partial charge < -0.3 is 5.32 Å². The summed E-state index contributed by atoms with van der Waals surface area (Å²) in [4.78, 5) is 16.7. The van der Waals surface area contributed by atoms with Crippen LogP contribution in [0.15, 0.2) is 39.9 Å². The third kappa shape index (κ3) is 3.66. The molecule has 8 heteroatoms. The highest BCUT2D eigenvalue weighted by Gasteiger charge is 2.33. The van der Waals surface area contributed by atoms with Gasteiger partial charge in [0.05, 0.1) is 5.92 Å². The Kier molecular flexibility index (Phi) is 4.98. The molecule has 2 aromatic rings. The van der Waals surface area contributed by atoms with E-state index in [2.05, 4.69) is 10.3 Å². The standard InChI is InChI=1S/C16H19N3O3S2/c1-12-5-2-7-14(17-12)18-16(20)13-6-3-9-19(11-13)24(21,22)15-8-4-10-23-15/h2,4-5,7-8,10,13H,3,6,9,11H2,1H3,(H,17,18,20)/t13-/m0/s1. The van der Waals surface area contributed by atoms with Crippen molar-refractivity contribution in [2.75, 3.05) is 18.4 Å². The van der Waals surface area contributed by atoms with Crippen LogP contribution in [0.4, 0.5) is 5.82 Å². The second-order valence-corrected chi connectivity index (χ2v) is 8.90. The Labute approximate surface area is 145 Å². The van der Waals surface area contributed by atoms with E-state index in [9.17, 15) is 13.2 Å². The summed E-state index contributed by atoms with van der Waals surface area (Å²) in [5.41, 5.74) is 0.818. The highest BCUT2D eigenvalue weighted by Crippen LogP contribution is 2.26. The van der Waals surface area contributed by atoms with E-state index in [0.29, 0.717) is 29.4 Å². The molecule has 0 radical (unpaired) electrons. The lowest BCUT2D eigenvalue weighted by Crippen LogP contribution is -2.43. The first-order valence-corrected chi connectivity index (χ1v) is 10.1. The Bertz CT molecular complexity index is 819. The molecule has 1 aliphatic rings. The number of pyridine rings is 1. The van der Waals surface area contributed by atoms with Gasteiger partial charge >= 0.3 is 0 Å². The van der Waals surface area contributed by atoms with E-state index in [0.717, 1.165) is 5.69 Å². The predicted octanol–water partition coefficient (Wildman–Crippen LogP) is 2.49. The van der Waals surface area contributed by atoms with Crippen molar-refractivity contribution in [1.29, 1.82) is 0 Å². The summed E-state index contributed by atoms with van der Waals surface area (Å²) in [5, 5.41) is 4.53. The lowest BCUT2D eigenvalue weighted by molar-refractivity contribution is -0.120. The second-order valence-electron chi connectivity index (χ2n) is 5.79. The number of amides is 1. The molecule has 3 heterocycles. The zero-order valence-corrected chi connectivity index (χ0v) is 14.9. The van der Waals surface area contributed by atoms with Crippen LogP contribution in [0.2, 0.25) is 0 Å². The van der Waals surface area contributed by atoms with Gasteiger partial charge in [-0.05, 0) is 43.3 Å². The smallest absolute Gasteiger partial charge is 0.252 e. The minimum Gasteiger partial charge on any atom is -0.310 e. The van der Waals surface area contributed by atoms with Crippen molar-refractivity contribution in [1.82, 2.24) is 9.29 Å². The molecular formula is C16H19N3O3S2. The molecule has 1 amide bonds. The second kappa shape index (κ2) is 7.00. The third-order valence-corrected chi connectivity index (χ3v) is 7.22. The minimum absolute atomic E-state index is 0.181. The average molecular weight is 365 g/mol. The molecule has 3 rings (SSSR count). The first-order valence-electron chi connectivity index (χ1n) is 7.75. The van der Waals surface area contributed by atoms with Gasteiger partial charge in [0.1, 0.15) is 10.0 Å². The highest BCUT2D eigenvalue weighted by atomic mass is 32.2. The number of sulfonamides is 1. The molecule has 1 atom stereocenters. The van der Waals surface area contributed by atoms with Gasteiger partial charge in [0, 0.05) is 18.8 Å². The molecule has 0 spiro atoms. The number of anilines is 1. The summed E-state index contributed by atoms with van der Waals surface area (Å²) in [7, 11) is -3.51. The van der Waals surface area contributed by atoms with Gasteiger partial charge in [0.25, 0.3) is 10.0 Å². The predicted molar refractivity (Wildman–Crippen MR) is 93.4 cm³/mol. The lowest BCUT2D eigenvalue weighted by atomic mass is 9.99. The van der Waals surface area contributed by atoms with Gasteiger partial charge in [-0.25, -0.2) is 13.4 Å². The molecular weight excluding hydrogens is 346 g/mol. The molecule has 0 aliphatic carbocycles. The van der Waals surface area contributed by atoms with Crippen molar-refractivity contribution in [2.45, 2.75) is 24.0 Å². The summed E-state index contributed by atoms with van der Waals surface area (Å²) in [6.07, 6.45) is 1.35. The van der Waals surface area contributed by atoms with Crippen molar-refractivity contribution in [2.24, 2.45) is 5.92 Å². The lowest BCUT2D eigenvalue weighted by Gasteiger charge is -2.30. The fraction of sp³-hybridized carbons (Fsp3) is 0.375. The first-order chi connectivity index (χ1) is 11.5. The summed E-state index contributed by atoms with van der Waals surface area (Å²) in [6, 6.07) is 8.72. The average Bonchev–Trinajstić information content (AvgIpc) is 3.10. The summed E-state index contributed by atoms with van der Waals surface area (Å²) in [6.45, 7) is 2.51. The molecule has 1 saturated heterocycles. The minimum atomic E-state index is -3.51. The molecule has 6 nitrogen and oxygen atoms in total. The Morgan fingerprint density at radius 2 is 2.17 bits per heavy atom. The van der Waals surface area contributed by atoms with E-state index in [4.69, 9.17) is 0 Å². The molecule has 0 saturated carbocycles. The normalized spacial score (nSPS) is 19.1. The number of carbonyl (C=O) groups excluding carboxylic acids is 1. The quantitative estimate of drug-likeness (QED) is 0.903. The fourth-order valence-corrected chi connectivity index (χ4v) is 5.42. The summed E-state index contributed by atoms with van der Waals surface area (Å²) >= 11 is 1.20. The molecule has 1 aliphatic heterocycles. The van der Waals surface area contributed by atoms with E-state index in [1.165, 1.54) is 15.6 Å². The van der Waals surface area contributed by atoms with Gasteiger partial charge in [0.15, 0.2) is 0 Å². The number of thiophene rings is 1. The Morgan fingerprint density at radius 1 is 1.33 bits per heavy atom. The number of rotatable bonds is 4. The number of aryl methyl sites for hydroxylation is 1. The van der Waals surface area contributed by atoms with Gasteiger partial charge in [0.2, 0.25) is 5.91 Å². The summed E-state index contributed by atoms with van der Waals surface area (Å²) < 4.78 is 27.0. The maximum Gasteiger partial charge on any atom is 0.252 e. The van der Waals surface area contributed by atoms with Crippen molar-refractivity contribution >= 4 is 33.1 Å². The van der Waals surface area contributed by atoms with E-state index in [-0.39, 0.29) is 18.4 Å². The van der Waals surface area contributed by atoms with Crippen LogP contribution in [-0.2, 0) is 14.8 Å². The Balaban J connectivity index is 1.70. The van der Waals surface area contributed by atoms with Crippen molar-refractivity contribution in [3.05, 3.63) is 41.4 Å². The van der Waals surface area contributed by atoms with Gasteiger partial charge in [-0.3, -0.25) is 4.79 Å². The van der Waals surface area contributed by atoms with Gasteiger partial charge in [-0.15, -0.1) is 11.3 Å². The molecule has 2 aromatic heterocycles. The molecule has 24 heavy (non-hydrogen) atoms. The fourth-order valence-electron chi connectivity index (χ4n) is 2.75. The zero-order valence-electron chi connectivity index (χ0n) is 13.3. The third-order valence-electron chi connectivity index (χ3n) is 3.98. The van der Waals surface area contributed by atoms with Crippen LogP contribution < -0.4 is 5.32 Å². The monoisotopic (exact) mass is 365 g/mol. The molecule has 0 aromatic carbocycles. The first kappa shape index (κ1) is 17.1. The Morgan fingerprint density at radius 3 is 2.88 bits per heavy atom. The number of hydrogen-bond acceptors (Lipinski definition) is 5. The number of nitrogens with one attached hydrogen (secondary N) is 1. The van der Waals surface area contributed by atoms with Gasteiger partial charge in [-0.1, -0.05) is 12.1 Å². The van der Waals surface area contributed by atoms with E-state index < -0.39 is 10.0 Å². The number of piperidine rings is 1. The van der Waals surface area contributed by atoms with Crippen LogP contribution in [0.25, 0.3) is 0 Å². The summed E-state index contributed by atoms with van der Waals surface area (Å²) in [5.74, 6) is -0.0479. The van der Waals surface area contributed by atoms with Crippen LogP contribution in [0, 0.1) is 12.8 Å². The maximum atomic E-state index is 12.6. The van der Waals surface area contributed by atoms with Crippen molar-refractivity contribution < 1.29 is 13.2 Å². The van der Waals surface area contributed by atoms with Crippen molar-refractivity contribution in [3.63, 3.8) is 0 Å². The van der Waals surface area contributed by atoms with Gasteiger partial charge in [-0.2, -0.15) is 4.31 Å². The highest BCUT2D eigenvalue weighted by molar-refractivity contribution is 7.91. The number of carbonyl (C=O) groups is 1. The maximum absolute atomic E-state index is 12.6. The molecule has 0 bridgehead atoms. The van der Waals surface area contributed by atoms with Crippen LogP contribution in [-0.4, -0.2) is 36.7 Å². The Hall–Kier alpha value is -1.77. The van der Waals surface area contributed by atoms with Crippen LogP contribution in [0.5, 0.6) is 0 Å². The van der Waals surface area contributed by atoms with Crippen LogP contribution >= 0.6 is 11.3 Å². The van der Waals surface area contributed by atoms with Crippen LogP contribution in [0.3, 0.4) is 0 Å². The topological polar surface area (TPSA) is 79.4 Å². The molecule has 128 valence electrons. The molecule has 1 fully saturated rings. The molecule has 1 N–H and O–H groups in total. The molecule has 0 unspecified atom stereocenters. The largest absolute Gasteiger partial charge is 0.310 e. The number of hydrogen-bond donors (Lipinski definition) is 1. The van der Waals surface area contributed by atoms with E-state index >= 15 is 0 Å². The van der Waals surface area contributed by atoms with E-state index in [1.807, 2.05) is 19.1 Å². The number of nitrogens with zero attached hydrogens (tertiary/aromatic N) is 2.